The Balaban J connectivity index is 1.28. The summed E-state index contributed by atoms with van der Waals surface area (Å²) in [6.45, 7) is 2.84. The van der Waals surface area contributed by atoms with Crippen molar-refractivity contribution in [2.75, 3.05) is 33.9 Å². The molecule has 0 fully saturated rings. The van der Waals surface area contributed by atoms with Gasteiger partial charge < -0.3 is 24.7 Å². The van der Waals surface area contributed by atoms with E-state index in [2.05, 4.69) is 62.8 Å². The molecular formula is C23H28N4O2. The fourth-order valence-corrected chi connectivity index (χ4v) is 3.74. The SMILES string of the molecule is CN=C(NCCCc1c[nH]c2ccccc12)N(C)Cc1ccc2c(c1)OCCO2. The number of hydrogen-bond donors (Lipinski definition) is 2. The van der Waals surface area contributed by atoms with Crippen LogP contribution in [0.3, 0.4) is 0 Å². The zero-order valence-corrected chi connectivity index (χ0v) is 17.1. The van der Waals surface area contributed by atoms with Crippen LogP contribution in [0.15, 0.2) is 53.7 Å². The Bertz CT molecular complexity index is 995. The maximum atomic E-state index is 5.69. The van der Waals surface area contributed by atoms with Crippen LogP contribution in [0.2, 0.25) is 0 Å². The maximum Gasteiger partial charge on any atom is 0.193 e. The van der Waals surface area contributed by atoms with Gasteiger partial charge in [-0.25, -0.2) is 0 Å². The second-order valence-electron chi connectivity index (χ2n) is 7.27. The molecule has 0 unspecified atom stereocenters. The van der Waals surface area contributed by atoms with Crippen molar-refractivity contribution >= 4 is 16.9 Å². The van der Waals surface area contributed by atoms with Crippen molar-refractivity contribution < 1.29 is 9.47 Å². The normalized spacial score (nSPS) is 13.5. The summed E-state index contributed by atoms with van der Waals surface area (Å²) in [6.07, 6.45) is 4.19. The summed E-state index contributed by atoms with van der Waals surface area (Å²) in [5.41, 5.74) is 3.73. The van der Waals surface area contributed by atoms with Gasteiger partial charge in [-0.3, -0.25) is 4.99 Å². The van der Waals surface area contributed by atoms with E-state index in [1.165, 1.54) is 22.0 Å². The molecule has 29 heavy (non-hydrogen) atoms. The van der Waals surface area contributed by atoms with Crippen molar-refractivity contribution in [3.63, 3.8) is 0 Å². The number of guanidine groups is 1. The predicted octanol–water partition coefficient (Wildman–Crippen LogP) is 3.58. The van der Waals surface area contributed by atoms with Gasteiger partial charge in [0, 0.05) is 44.3 Å². The van der Waals surface area contributed by atoms with E-state index in [9.17, 15) is 0 Å². The van der Waals surface area contributed by atoms with E-state index in [1.54, 1.807) is 0 Å². The summed E-state index contributed by atoms with van der Waals surface area (Å²) in [5.74, 6) is 2.53. The lowest BCUT2D eigenvalue weighted by atomic mass is 10.1. The largest absolute Gasteiger partial charge is 0.486 e. The van der Waals surface area contributed by atoms with Gasteiger partial charge in [0.2, 0.25) is 0 Å². The van der Waals surface area contributed by atoms with Gasteiger partial charge in [-0.1, -0.05) is 24.3 Å². The van der Waals surface area contributed by atoms with Crippen LogP contribution in [0.4, 0.5) is 0 Å². The molecule has 6 nitrogen and oxygen atoms in total. The Morgan fingerprint density at radius 3 is 2.83 bits per heavy atom. The highest BCUT2D eigenvalue weighted by molar-refractivity contribution is 5.83. The van der Waals surface area contributed by atoms with Crippen molar-refractivity contribution in [2.24, 2.45) is 4.99 Å². The molecule has 1 aliphatic heterocycles. The van der Waals surface area contributed by atoms with Gasteiger partial charge >= 0.3 is 0 Å². The molecule has 1 aromatic heterocycles. The van der Waals surface area contributed by atoms with Crippen molar-refractivity contribution in [3.05, 3.63) is 59.8 Å². The first-order valence-corrected chi connectivity index (χ1v) is 10.1. The number of aromatic nitrogens is 1. The number of aryl methyl sites for hydroxylation is 1. The predicted molar refractivity (Wildman–Crippen MR) is 117 cm³/mol. The summed E-state index contributed by atoms with van der Waals surface area (Å²) in [4.78, 5) is 9.89. The lowest BCUT2D eigenvalue weighted by molar-refractivity contribution is 0.171. The first-order valence-electron chi connectivity index (χ1n) is 10.1. The Morgan fingerprint density at radius 2 is 1.97 bits per heavy atom. The van der Waals surface area contributed by atoms with Gasteiger partial charge in [-0.15, -0.1) is 0 Å². The van der Waals surface area contributed by atoms with Crippen LogP contribution in [-0.4, -0.2) is 49.7 Å². The van der Waals surface area contributed by atoms with E-state index < -0.39 is 0 Å². The van der Waals surface area contributed by atoms with Gasteiger partial charge in [0.25, 0.3) is 0 Å². The summed E-state index contributed by atoms with van der Waals surface area (Å²) in [7, 11) is 3.87. The number of hydrogen-bond acceptors (Lipinski definition) is 3. The van der Waals surface area contributed by atoms with E-state index in [0.29, 0.717) is 13.2 Å². The number of ether oxygens (including phenoxy) is 2. The number of H-pyrrole nitrogens is 1. The number of nitrogens with one attached hydrogen (secondary N) is 2. The van der Waals surface area contributed by atoms with Crippen molar-refractivity contribution in [3.8, 4) is 11.5 Å². The monoisotopic (exact) mass is 392 g/mol. The van der Waals surface area contributed by atoms with Crippen molar-refractivity contribution in [1.29, 1.82) is 0 Å². The van der Waals surface area contributed by atoms with E-state index in [0.717, 1.165) is 43.4 Å². The molecule has 0 radical (unpaired) electrons. The zero-order chi connectivity index (χ0) is 20.1. The maximum absolute atomic E-state index is 5.69. The van der Waals surface area contributed by atoms with E-state index in [-0.39, 0.29) is 0 Å². The molecule has 0 bridgehead atoms. The quantitative estimate of drug-likeness (QED) is 0.382. The first kappa shape index (κ1) is 19.2. The highest BCUT2D eigenvalue weighted by atomic mass is 16.6. The van der Waals surface area contributed by atoms with E-state index in [1.807, 2.05) is 20.2 Å². The Hall–Kier alpha value is -3.15. The zero-order valence-electron chi connectivity index (χ0n) is 17.1. The third kappa shape index (κ3) is 4.47. The number of aliphatic imine (C=N–C) groups is 1. The highest BCUT2D eigenvalue weighted by Crippen LogP contribution is 2.31. The standard InChI is InChI=1S/C23H28N4O2/c1-24-23(25-11-5-6-18-15-26-20-8-4-3-7-19(18)20)27(2)16-17-9-10-21-22(14-17)29-13-12-28-21/h3-4,7-10,14-15,26H,5-6,11-13,16H2,1-2H3,(H,24,25). The minimum Gasteiger partial charge on any atom is -0.486 e. The van der Waals surface area contributed by atoms with Crippen LogP contribution in [0, 0.1) is 0 Å². The second kappa shape index (κ2) is 8.90. The van der Waals surface area contributed by atoms with Crippen molar-refractivity contribution in [1.82, 2.24) is 15.2 Å². The Kier molecular flexibility index (Phi) is 5.89. The molecule has 0 atom stereocenters. The Morgan fingerprint density at radius 1 is 1.14 bits per heavy atom. The van der Waals surface area contributed by atoms with Crippen LogP contribution in [-0.2, 0) is 13.0 Å². The van der Waals surface area contributed by atoms with Crippen LogP contribution < -0.4 is 14.8 Å². The first-order chi connectivity index (χ1) is 14.2. The van der Waals surface area contributed by atoms with Crippen LogP contribution >= 0.6 is 0 Å². The molecule has 4 rings (SSSR count). The molecule has 6 heteroatoms. The molecule has 0 amide bonds. The van der Waals surface area contributed by atoms with E-state index >= 15 is 0 Å². The van der Waals surface area contributed by atoms with Crippen LogP contribution in [0.1, 0.15) is 17.5 Å². The lowest BCUT2D eigenvalue weighted by Gasteiger charge is -2.24. The minimum absolute atomic E-state index is 0.603. The molecule has 2 aromatic carbocycles. The summed E-state index contributed by atoms with van der Waals surface area (Å²) >= 11 is 0. The number of benzene rings is 2. The molecule has 3 aromatic rings. The molecule has 1 aliphatic rings. The van der Waals surface area contributed by atoms with Crippen molar-refractivity contribution in [2.45, 2.75) is 19.4 Å². The molecule has 0 aliphatic carbocycles. The topological polar surface area (TPSA) is 61.9 Å². The fourth-order valence-electron chi connectivity index (χ4n) is 3.74. The minimum atomic E-state index is 0.603. The average molecular weight is 393 g/mol. The van der Waals surface area contributed by atoms with Crippen LogP contribution in [0.25, 0.3) is 10.9 Å². The van der Waals surface area contributed by atoms with Gasteiger partial charge in [0.05, 0.1) is 0 Å². The molecule has 0 spiro atoms. The fraction of sp³-hybridized carbons (Fsp3) is 0.348. The van der Waals surface area contributed by atoms with Gasteiger partial charge in [-0.05, 0) is 42.2 Å². The number of aromatic amines is 1. The average Bonchev–Trinajstić information content (AvgIpc) is 3.17. The van der Waals surface area contributed by atoms with E-state index in [4.69, 9.17) is 9.47 Å². The number of nitrogens with zero attached hydrogens (tertiary/aromatic N) is 2. The van der Waals surface area contributed by atoms with Gasteiger partial charge in [-0.2, -0.15) is 0 Å². The molecule has 2 N–H and O–H groups in total. The second-order valence-corrected chi connectivity index (χ2v) is 7.27. The van der Waals surface area contributed by atoms with Gasteiger partial charge in [0.15, 0.2) is 17.5 Å². The lowest BCUT2D eigenvalue weighted by Crippen LogP contribution is -2.39. The number of fused-ring (bicyclic) bond motifs is 2. The smallest absolute Gasteiger partial charge is 0.193 e. The molecule has 0 saturated carbocycles. The molecule has 0 saturated heterocycles. The third-order valence-corrected chi connectivity index (χ3v) is 5.18. The van der Waals surface area contributed by atoms with Gasteiger partial charge in [0.1, 0.15) is 13.2 Å². The summed E-state index contributed by atoms with van der Waals surface area (Å²) < 4.78 is 11.3. The molecule has 152 valence electrons. The summed E-state index contributed by atoms with van der Waals surface area (Å²) in [6, 6.07) is 14.6. The summed E-state index contributed by atoms with van der Waals surface area (Å²) in [5, 5.41) is 4.78. The highest BCUT2D eigenvalue weighted by Gasteiger charge is 2.13. The number of rotatable bonds is 6. The molecular weight excluding hydrogens is 364 g/mol. The van der Waals surface area contributed by atoms with Crippen LogP contribution in [0.5, 0.6) is 11.5 Å². The third-order valence-electron chi connectivity index (χ3n) is 5.18. The molecule has 2 heterocycles. The number of para-hydroxylation sites is 1. The Labute approximate surface area is 171 Å².